The van der Waals surface area contributed by atoms with Crippen LogP contribution in [0.15, 0.2) is 24.3 Å². The number of aromatic amines is 1. The normalized spacial score (nSPS) is 16.2. The third-order valence-corrected chi connectivity index (χ3v) is 4.71. The van der Waals surface area contributed by atoms with Crippen molar-refractivity contribution in [1.82, 2.24) is 20.1 Å². The molecule has 6 nitrogen and oxygen atoms in total. The minimum absolute atomic E-state index is 0.317. The van der Waals surface area contributed by atoms with Crippen LogP contribution in [-0.4, -0.2) is 52.8 Å². The third-order valence-electron chi connectivity index (χ3n) is 4.71. The SMILES string of the molecule is Cc1cccc(CCN(C)C2CCN(c3nc(N)n[nH]3)CC2)c1. The fourth-order valence-corrected chi connectivity index (χ4v) is 3.28. The molecule has 0 spiro atoms. The van der Waals surface area contributed by atoms with Gasteiger partial charge >= 0.3 is 0 Å². The van der Waals surface area contributed by atoms with E-state index >= 15 is 0 Å². The van der Waals surface area contributed by atoms with Crippen molar-refractivity contribution in [2.24, 2.45) is 0 Å². The predicted molar refractivity (Wildman–Crippen MR) is 93.5 cm³/mol. The molecule has 0 bridgehead atoms. The highest BCUT2D eigenvalue weighted by molar-refractivity contribution is 5.34. The van der Waals surface area contributed by atoms with Gasteiger partial charge in [-0.2, -0.15) is 4.98 Å². The average molecular weight is 314 g/mol. The van der Waals surface area contributed by atoms with Gasteiger partial charge in [-0.25, -0.2) is 5.10 Å². The second-order valence-electron chi connectivity index (χ2n) is 6.46. The Balaban J connectivity index is 1.47. The number of likely N-dealkylation sites (N-methyl/N-ethyl adjacent to an activating group) is 1. The molecule has 1 aliphatic rings. The van der Waals surface area contributed by atoms with E-state index in [2.05, 4.69) is 63.2 Å². The molecule has 2 heterocycles. The summed E-state index contributed by atoms with van der Waals surface area (Å²) in [5.74, 6) is 1.11. The van der Waals surface area contributed by atoms with Crippen molar-refractivity contribution in [2.45, 2.75) is 32.2 Å². The zero-order valence-electron chi connectivity index (χ0n) is 14.0. The Hall–Kier alpha value is -2.08. The van der Waals surface area contributed by atoms with Crippen LogP contribution in [0.5, 0.6) is 0 Å². The summed E-state index contributed by atoms with van der Waals surface area (Å²) in [6.45, 7) is 5.24. The second kappa shape index (κ2) is 7.00. The van der Waals surface area contributed by atoms with Crippen molar-refractivity contribution in [2.75, 3.05) is 37.3 Å². The number of nitrogens with zero attached hydrogens (tertiary/aromatic N) is 4. The number of nitrogens with two attached hydrogens (primary N) is 1. The largest absolute Gasteiger partial charge is 0.366 e. The Morgan fingerprint density at radius 2 is 2.13 bits per heavy atom. The van der Waals surface area contributed by atoms with Gasteiger partial charge < -0.3 is 15.5 Å². The molecule has 1 aliphatic heterocycles. The van der Waals surface area contributed by atoms with Crippen LogP contribution in [0.25, 0.3) is 0 Å². The molecule has 1 aromatic heterocycles. The summed E-state index contributed by atoms with van der Waals surface area (Å²) in [5.41, 5.74) is 8.34. The molecule has 6 heteroatoms. The third kappa shape index (κ3) is 4.01. The van der Waals surface area contributed by atoms with Gasteiger partial charge in [0.2, 0.25) is 11.9 Å². The summed E-state index contributed by atoms with van der Waals surface area (Å²) >= 11 is 0. The number of H-pyrrole nitrogens is 1. The minimum atomic E-state index is 0.317. The summed E-state index contributed by atoms with van der Waals surface area (Å²) in [7, 11) is 2.24. The van der Waals surface area contributed by atoms with Crippen LogP contribution in [0.4, 0.5) is 11.9 Å². The maximum Gasteiger partial charge on any atom is 0.241 e. The summed E-state index contributed by atoms with van der Waals surface area (Å²) in [4.78, 5) is 8.94. The lowest BCUT2D eigenvalue weighted by atomic mass is 10.0. The molecule has 0 atom stereocenters. The maximum absolute atomic E-state index is 5.58. The van der Waals surface area contributed by atoms with Crippen LogP contribution in [0.3, 0.4) is 0 Å². The number of hydrogen-bond donors (Lipinski definition) is 2. The van der Waals surface area contributed by atoms with Crippen molar-refractivity contribution < 1.29 is 0 Å². The van der Waals surface area contributed by atoms with Crippen LogP contribution in [-0.2, 0) is 6.42 Å². The Labute approximate surface area is 137 Å². The van der Waals surface area contributed by atoms with E-state index in [0.29, 0.717) is 12.0 Å². The molecule has 1 fully saturated rings. The molecule has 0 amide bonds. The van der Waals surface area contributed by atoms with Crippen molar-refractivity contribution in [1.29, 1.82) is 0 Å². The molecular formula is C17H26N6. The smallest absolute Gasteiger partial charge is 0.241 e. The van der Waals surface area contributed by atoms with Crippen LogP contribution in [0.2, 0.25) is 0 Å². The zero-order valence-corrected chi connectivity index (χ0v) is 14.0. The Kier molecular flexibility index (Phi) is 4.81. The van der Waals surface area contributed by atoms with Gasteiger partial charge in [-0.3, -0.25) is 0 Å². The van der Waals surface area contributed by atoms with Crippen LogP contribution < -0.4 is 10.6 Å². The summed E-state index contributed by atoms with van der Waals surface area (Å²) in [6.07, 6.45) is 3.40. The first-order valence-electron chi connectivity index (χ1n) is 8.30. The molecule has 0 aliphatic carbocycles. The number of piperidine rings is 1. The first kappa shape index (κ1) is 15.8. The lowest BCUT2D eigenvalue weighted by Gasteiger charge is -2.36. The molecule has 3 rings (SSSR count). The van der Waals surface area contributed by atoms with E-state index in [-0.39, 0.29) is 0 Å². The van der Waals surface area contributed by atoms with Crippen LogP contribution in [0, 0.1) is 6.92 Å². The maximum atomic E-state index is 5.58. The van der Waals surface area contributed by atoms with Crippen molar-refractivity contribution in [3.05, 3.63) is 35.4 Å². The lowest BCUT2D eigenvalue weighted by molar-refractivity contribution is 0.209. The number of nitrogens with one attached hydrogen (secondary N) is 1. The van der Waals surface area contributed by atoms with Gasteiger partial charge in [0, 0.05) is 25.7 Å². The van der Waals surface area contributed by atoms with Crippen molar-refractivity contribution in [3.63, 3.8) is 0 Å². The molecule has 0 radical (unpaired) electrons. The molecule has 0 saturated carbocycles. The Morgan fingerprint density at radius 1 is 1.35 bits per heavy atom. The molecule has 1 saturated heterocycles. The molecule has 23 heavy (non-hydrogen) atoms. The van der Waals surface area contributed by atoms with Crippen molar-refractivity contribution in [3.8, 4) is 0 Å². The summed E-state index contributed by atoms with van der Waals surface area (Å²) in [6, 6.07) is 9.44. The van der Waals surface area contributed by atoms with Gasteiger partial charge in [-0.1, -0.05) is 29.8 Å². The Morgan fingerprint density at radius 3 is 2.78 bits per heavy atom. The standard InChI is InChI=1S/C17H26N6/c1-13-4-3-5-14(12-13)6-9-22(2)15-7-10-23(11-8-15)17-19-16(18)20-21-17/h3-5,12,15H,6-11H2,1-2H3,(H3,18,19,20,21). The van der Waals surface area contributed by atoms with Gasteiger partial charge in [0.05, 0.1) is 0 Å². The first-order valence-corrected chi connectivity index (χ1v) is 8.30. The zero-order chi connectivity index (χ0) is 16.2. The van der Waals surface area contributed by atoms with Crippen LogP contribution in [0.1, 0.15) is 24.0 Å². The van der Waals surface area contributed by atoms with E-state index in [1.807, 2.05) is 0 Å². The fraction of sp³-hybridized carbons (Fsp3) is 0.529. The van der Waals surface area contributed by atoms with E-state index in [0.717, 1.165) is 44.8 Å². The quantitative estimate of drug-likeness (QED) is 0.881. The molecule has 3 N–H and O–H groups in total. The van der Waals surface area contributed by atoms with Gasteiger partial charge in [0.1, 0.15) is 0 Å². The number of aryl methyl sites for hydroxylation is 1. The van der Waals surface area contributed by atoms with Crippen molar-refractivity contribution >= 4 is 11.9 Å². The van der Waals surface area contributed by atoms with Crippen LogP contribution >= 0.6 is 0 Å². The van der Waals surface area contributed by atoms with E-state index < -0.39 is 0 Å². The number of nitrogen functional groups attached to an aromatic ring is 1. The summed E-state index contributed by atoms with van der Waals surface area (Å²) in [5, 5.41) is 6.80. The molecular weight excluding hydrogens is 288 g/mol. The average Bonchev–Trinajstić information content (AvgIpc) is 2.99. The van der Waals surface area contributed by atoms with E-state index in [1.54, 1.807) is 0 Å². The van der Waals surface area contributed by atoms with E-state index in [4.69, 9.17) is 5.73 Å². The molecule has 1 aromatic carbocycles. The molecule has 124 valence electrons. The molecule has 2 aromatic rings. The second-order valence-corrected chi connectivity index (χ2v) is 6.46. The van der Waals surface area contributed by atoms with Gasteiger partial charge in [-0.05, 0) is 38.8 Å². The van der Waals surface area contributed by atoms with E-state index in [9.17, 15) is 0 Å². The highest BCUT2D eigenvalue weighted by Crippen LogP contribution is 2.19. The van der Waals surface area contributed by atoms with Gasteiger partial charge in [0.25, 0.3) is 0 Å². The summed E-state index contributed by atoms with van der Waals surface area (Å²) < 4.78 is 0. The fourth-order valence-electron chi connectivity index (χ4n) is 3.28. The number of hydrogen-bond acceptors (Lipinski definition) is 5. The van der Waals surface area contributed by atoms with E-state index in [1.165, 1.54) is 11.1 Å². The highest BCUT2D eigenvalue weighted by atomic mass is 15.4. The minimum Gasteiger partial charge on any atom is -0.366 e. The first-order chi connectivity index (χ1) is 11.1. The number of aromatic nitrogens is 3. The monoisotopic (exact) mass is 314 g/mol. The predicted octanol–water partition coefficient (Wildman–Crippen LogP) is 1.84. The lowest BCUT2D eigenvalue weighted by Crippen LogP contribution is -2.44. The number of benzene rings is 1. The molecule has 0 unspecified atom stereocenters. The number of rotatable bonds is 5. The van der Waals surface area contributed by atoms with Gasteiger partial charge in [0.15, 0.2) is 0 Å². The van der Waals surface area contributed by atoms with Gasteiger partial charge in [-0.15, -0.1) is 5.10 Å². The number of anilines is 2. The highest BCUT2D eigenvalue weighted by Gasteiger charge is 2.23. The Bertz CT molecular complexity index is 630. The topological polar surface area (TPSA) is 74.1 Å².